The molecule has 1 aliphatic heterocycles. The van der Waals surface area contributed by atoms with Gasteiger partial charge in [0.1, 0.15) is 11.8 Å². The van der Waals surface area contributed by atoms with E-state index in [0.717, 1.165) is 29.0 Å². The number of Topliss-reactive ketones (excluding diaryl/α,β-unsaturated/α-hetero) is 1. The van der Waals surface area contributed by atoms with Gasteiger partial charge < -0.3 is 10.1 Å². The fourth-order valence-electron chi connectivity index (χ4n) is 4.17. The third kappa shape index (κ3) is 2.99. The van der Waals surface area contributed by atoms with E-state index >= 15 is 0 Å². The van der Waals surface area contributed by atoms with E-state index in [9.17, 15) is 23.5 Å². The highest BCUT2D eigenvalue weighted by Gasteiger charge is 2.48. The van der Waals surface area contributed by atoms with Crippen LogP contribution in [0.1, 0.15) is 16.5 Å². The molecule has 3 aromatic heterocycles. The maximum Gasteiger partial charge on any atom is 0.301 e. The predicted molar refractivity (Wildman–Crippen MR) is 127 cm³/mol. The zero-order chi connectivity index (χ0) is 23.6. The minimum Gasteiger partial charge on any atom is -0.507 e. The lowest BCUT2D eigenvalue weighted by Crippen LogP contribution is -2.28. The molecule has 0 spiro atoms. The number of nitrogens with zero attached hydrogens (tertiary/aromatic N) is 2. The van der Waals surface area contributed by atoms with E-state index in [1.54, 1.807) is 29.8 Å². The van der Waals surface area contributed by atoms with Crippen LogP contribution in [0.15, 0.2) is 65.7 Å². The number of aliphatic hydroxyl groups is 1. The molecule has 1 atom stereocenters. The highest BCUT2D eigenvalue weighted by molar-refractivity contribution is 7.22. The monoisotopic (exact) mass is 493 g/mol. The summed E-state index contributed by atoms with van der Waals surface area (Å²) in [5, 5.41) is 13.9. The first-order valence-electron chi connectivity index (χ1n) is 10.1. The summed E-state index contributed by atoms with van der Waals surface area (Å²) in [6.45, 7) is 0. The number of aromatic nitrogens is 2. The van der Waals surface area contributed by atoms with Crippen molar-refractivity contribution in [1.29, 1.82) is 0 Å². The van der Waals surface area contributed by atoms with Gasteiger partial charge in [-0.15, -0.1) is 11.3 Å². The van der Waals surface area contributed by atoms with Crippen LogP contribution in [-0.4, -0.2) is 26.8 Å². The van der Waals surface area contributed by atoms with Crippen LogP contribution in [0, 0.1) is 11.6 Å². The molecule has 1 amide bonds. The molecule has 10 heteroatoms. The molecule has 5 aromatic rings. The van der Waals surface area contributed by atoms with Crippen molar-refractivity contribution in [3.63, 3.8) is 0 Å². The summed E-state index contributed by atoms with van der Waals surface area (Å²) in [5.74, 6) is -4.13. The molecule has 2 N–H and O–H groups in total. The number of nitrogens with one attached hydrogen (secondary N) is 1. The second kappa shape index (κ2) is 7.57. The number of carbonyl (C=O) groups is 2. The second-order valence-electron chi connectivity index (χ2n) is 7.66. The van der Waals surface area contributed by atoms with Gasteiger partial charge in [0, 0.05) is 33.6 Å². The number of rotatable bonds is 3. The van der Waals surface area contributed by atoms with Gasteiger partial charge in [0.25, 0.3) is 5.78 Å². The first kappa shape index (κ1) is 20.7. The first-order valence-corrected chi connectivity index (χ1v) is 11.8. The second-order valence-corrected chi connectivity index (χ2v) is 9.65. The standard InChI is InChI=1S/C24H13F2N3O3S2/c25-13-8-16-18(9-14(13)26)34-24(28-16)29-20(17-6-3-7-33-17)19(22(31)23(29)32)21(30)12-10-27-15-5-2-1-4-11(12)15/h1-10,20,27,30H/b21-19+. The molecular formula is C24H13F2N3O3S2. The highest BCUT2D eigenvalue weighted by Crippen LogP contribution is 2.46. The Morgan fingerprint density at radius 3 is 2.68 bits per heavy atom. The zero-order valence-corrected chi connectivity index (χ0v) is 18.7. The van der Waals surface area contributed by atoms with Gasteiger partial charge in [0.2, 0.25) is 0 Å². The summed E-state index contributed by atoms with van der Waals surface area (Å²) in [5.41, 5.74) is 1.25. The molecule has 0 saturated carbocycles. The number of amides is 1. The van der Waals surface area contributed by atoms with E-state index in [1.165, 1.54) is 16.2 Å². The van der Waals surface area contributed by atoms with Crippen molar-refractivity contribution in [2.45, 2.75) is 6.04 Å². The molecular weight excluding hydrogens is 480 g/mol. The largest absolute Gasteiger partial charge is 0.507 e. The third-order valence-corrected chi connectivity index (χ3v) is 7.67. The number of anilines is 1. The minimum absolute atomic E-state index is 0.0752. The lowest BCUT2D eigenvalue weighted by molar-refractivity contribution is -0.132. The Kier molecular flexibility index (Phi) is 4.61. The number of aromatic amines is 1. The molecule has 0 bridgehead atoms. The van der Waals surface area contributed by atoms with Gasteiger partial charge in [-0.1, -0.05) is 35.6 Å². The van der Waals surface area contributed by atoms with Crippen LogP contribution in [-0.2, 0) is 9.59 Å². The minimum atomic E-state index is -1.06. The Labute approximate surface area is 198 Å². The number of hydrogen-bond donors (Lipinski definition) is 2. The van der Waals surface area contributed by atoms with Crippen LogP contribution in [0.2, 0.25) is 0 Å². The van der Waals surface area contributed by atoms with Crippen molar-refractivity contribution in [3.05, 3.63) is 87.8 Å². The van der Waals surface area contributed by atoms with Crippen LogP contribution >= 0.6 is 22.7 Å². The summed E-state index contributed by atoms with van der Waals surface area (Å²) in [4.78, 5) is 35.6. The number of hydrogen-bond acceptors (Lipinski definition) is 6. The number of aliphatic hydroxyl groups excluding tert-OH is 1. The van der Waals surface area contributed by atoms with E-state index in [2.05, 4.69) is 9.97 Å². The molecule has 0 aliphatic carbocycles. The van der Waals surface area contributed by atoms with Gasteiger partial charge in [-0.25, -0.2) is 13.8 Å². The summed E-state index contributed by atoms with van der Waals surface area (Å²) >= 11 is 2.28. The number of ketones is 1. The van der Waals surface area contributed by atoms with Crippen LogP contribution in [0.5, 0.6) is 0 Å². The Hall–Kier alpha value is -3.89. The number of H-pyrrole nitrogens is 1. The highest BCUT2D eigenvalue weighted by atomic mass is 32.1. The average Bonchev–Trinajstić information content (AvgIpc) is 3.60. The SMILES string of the molecule is O=C1C(=O)N(c2nc3cc(F)c(F)cc3s2)C(c2cccs2)/C1=C(\O)c1c[nH]c2ccccc12. The summed E-state index contributed by atoms with van der Waals surface area (Å²) < 4.78 is 27.8. The fourth-order valence-corrected chi connectivity index (χ4v) is 6.00. The molecule has 34 heavy (non-hydrogen) atoms. The Bertz CT molecular complexity index is 1610. The number of carbonyl (C=O) groups excluding carboxylic acids is 2. The van der Waals surface area contributed by atoms with Gasteiger partial charge in [-0.3, -0.25) is 14.5 Å². The molecule has 168 valence electrons. The number of fused-ring (bicyclic) bond motifs is 2. The van der Waals surface area contributed by atoms with Crippen LogP contribution in [0.25, 0.3) is 26.9 Å². The lowest BCUT2D eigenvalue weighted by atomic mass is 9.99. The molecule has 1 saturated heterocycles. The molecule has 1 unspecified atom stereocenters. The van der Waals surface area contributed by atoms with Gasteiger partial charge in [-0.2, -0.15) is 0 Å². The van der Waals surface area contributed by atoms with E-state index in [-0.39, 0.29) is 22.0 Å². The van der Waals surface area contributed by atoms with Crippen molar-refractivity contribution in [1.82, 2.24) is 9.97 Å². The normalized spacial score (nSPS) is 17.9. The molecule has 4 heterocycles. The van der Waals surface area contributed by atoms with E-state index in [4.69, 9.17) is 0 Å². The molecule has 1 aliphatic rings. The maximum absolute atomic E-state index is 13.8. The summed E-state index contributed by atoms with van der Waals surface area (Å²) in [7, 11) is 0. The molecule has 1 fully saturated rings. The van der Waals surface area contributed by atoms with Gasteiger partial charge in [-0.05, 0) is 23.6 Å². The smallest absolute Gasteiger partial charge is 0.301 e. The quantitative estimate of drug-likeness (QED) is 0.191. The van der Waals surface area contributed by atoms with Crippen molar-refractivity contribution in [2.75, 3.05) is 4.90 Å². The number of para-hydroxylation sites is 1. The van der Waals surface area contributed by atoms with Gasteiger partial charge >= 0.3 is 5.91 Å². The maximum atomic E-state index is 13.8. The van der Waals surface area contributed by atoms with Gasteiger partial charge in [0.05, 0.1) is 15.8 Å². The average molecular weight is 494 g/mol. The number of thiophene rings is 1. The molecule has 6 nitrogen and oxygen atoms in total. The van der Waals surface area contributed by atoms with E-state index in [1.807, 2.05) is 18.2 Å². The first-order chi connectivity index (χ1) is 16.4. The van der Waals surface area contributed by atoms with Gasteiger partial charge in [0.15, 0.2) is 16.8 Å². The van der Waals surface area contributed by atoms with E-state index in [0.29, 0.717) is 20.5 Å². The molecule has 6 rings (SSSR count). The fraction of sp³-hybridized carbons (Fsp3) is 0.0417. The zero-order valence-electron chi connectivity index (χ0n) is 17.1. The predicted octanol–water partition coefficient (Wildman–Crippen LogP) is 5.74. The van der Waals surface area contributed by atoms with Crippen molar-refractivity contribution >= 4 is 66.4 Å². The van der Waals surface area contributed by atoms with Crippen LogP contribution < -0.4 is 4.90 Å². The summed E-state index contributed by atoms with van der Waals surface area (Å²) in [6, 6.07) is 11.8. The van der Waals surface area contributed by atoms with Crippen LogP contribution in [0.3, 0.4) is 0 Å². The van der Waals surface area contributed by atoms with Crippen LogP contribution in [0.4, 0.5) is 13.9 Å². The van der Waals surface area contributed by atoms with Crippen molar-refractivity contribution in [2.24, 2.45) is 0 Å². The number of halogens is 2. The van der Waals surface area contributed by atoms with Crippen molar-refractivity contribution in [3.8, 4) is 0 Å². The molecule has 0 radical (unpaired) electrons. The number of thiazole rings is 1. The topological polar surface area (TPSA) is 86.3 Å². The van der Waals surface area contributed by atoms with Crippen molar-refractivity contribution < 1.29 is 23.5 Å². The Morgan fingerprint density at radius 2 is 1.88 bits per heavy atom. The summed E-state index contributed by atoms with van der Waals surface area (Å²) in [6.07, 6.45) is 1.59. The number of benzene rings is 2. The third-order valence-electron chi connectivity index (χ3n) is 5.73. The lowest BCUT2D eigenvalue weighted by Gasteiger charge is -2.21. The Balaban J connectivity index is 1.57. The van der Waals surface area contributed by atoms with E-state index < -0.39 is 29.4 Å². The molecule has 2 aromatic carbocycles. The Morgan fingerprint density at radius 1 is 1.09 bits per heavy atom.